The lowest BCUT2D eigenvalue weighted by Crippen LogP contribution is -2.44. The molecule has 1 aliphatic rings. The standard InChI is InChI=1S/C23H37N7O2.HI/c1-17(2)32-21-14-18(3)6-7-20(21)15-25-23(24-8-9-30-10-12-31-13-11-30)26-16-22-28-27-19(4)29(22)5;/h6-7,14,17H,8-13,15-16H2,1-5H3,(H2,24,25,26);1H. The minimum Gasteiger partial charge on any atom is -0.491 e. The van der Waals surface area contributed by atoms with E-state index in [1.165, 1.54) is 5.56 Å². The number of aliphatic imine (C=N–C) groups is 1. The summed E-state index contributed by atoms with van der Waals surface area (Å²) in [6, 6.07) is 6.26. The van der Waals surface area contributed by atoms with E-state index >= 15 is 0 Å². The largest absolute Gasteiger partial charge is 0.491 e. The summed E-state index contributed by atoms with van der Waals surface area (Å²) in [7, 11) is 1.97. The lowest BCUT2D eigenvalue weighted by atomic mass is 10.1. The topological polar surface area (TPSA) is 88.8 Å². The van der Waals surface area contributed by atoms with Gasteiger partial charge in [0.2, 0.25) is 0 Å². The molecule has 0 radical (unpaired) electrons. The lowest BCUT2D eigenvalue weighted by molar-refractivity contribution is 0.0389. The molecule has 2 N–H and O–H groups in total. The Kier molecular flexibility index (Phi) is 11.3. The zero-order valence-electron chi connectivity index (χ0n) is 20.4. The fraction of sp³-hybridized carbons (Fsp3) is 0.609. The highest BCUT2D eigenvalue weighted by Gasteiger charge is 2.11. The lowest BCUT2D eigenvalue weighted by Gasteiger charge is -2.26. The molecule has 1 saturated heterocycles. The molecule has 1 aromatic carbocycles. The molecule has 0 amide bonds. The number of hydrogen-bond donors (Lipinski definition) is 2. The van der Waals surface area contributed by atoms with Crippen molar-refractivity contribution in [2.24, 2.45) is 12.0 Å². The zero-order chi connectivity index (χ0) is 22.9. The molecule has 33 heavy (non-hydrogen) atoms. The van der Waals surface area contributed by atoms with Crippen LogP contribution in [0.15, 0.2) is 23.2 Å². The number of morpholine rings is 1. The van der Waals surface area contributed by atoms with Gasteiger partial charge in [0.25, 0.3) is 0 Å². The Balaban J connectivity index is 0.00000385. The van der Waals surface area contributed by atoms with Crippen LogP contribution in [0.3, 0.4) is 0 Å². The van der Waals surface area contributed by atoms with Crippen LogP contribution < -0.4 is 15.4 Å². The van der Waals surface area contributed by atoms with Gasteiger partial charge in [-0.15, -0.1) is 34.2 Å². The Bertz CT molecular complexity index is 895. The van der Waals surface area contributed by atoms with Crippen LogP contribution in [0.2, 0.25) is 0 Å². The SMILES string of the molecule is Cc1ccc(CN=C(NCCN2CCOCC2)NCc2nnc(C)n2C)c(OC(C)C)c1.I. The van der Waals surface area contributed by atoms with Crippen LogP contribution in [-0.4, -0.2) is 71.1 Å². The van der Waals surface area contributed by atoms with Crippen molar-refractivity contribution in [3.8, 4) is 5.75 Å². The van der Waals surface area contributed by atoms with Crippen molar-refractivity contribution in [1.82, 2.24) is 30.3 Å². The number of aromatic nitrogens is 3. The maximum Gasteiger partial charge on any atom is 0.192 e. The average Bonchev–Trinajstić information content (AvgIpc) is 3.09. The van der Waals surface area contributed by atoms with Crippen LogP contribution in [-0.2, 0) is 24.9 Å². The number of benzene rings is 1. The third-order valence-corrected chi connectivity index (χ3v) is 5.41. The van der Waals surface area contributed by atoms with Gasteiger partial charge in [0.05, 0.1) is 32.4 Å². The van der Waals surface area contributed by atoms with E-state index in [1.807, 2.05) is 32.4 Å². The summed E-state index contributed by atoms with van der Waals surface area (Å²) in [6.07, 6.45) is 0.114. The molecule has 1 aromatic heterocycles. The number of nitrogens with zero attached hydrogens (tertiary/aromatic N) is 5. The summed E-state index contributed by atoms with van der Waals surface area (Å²) in [5.74, 6) is 3.38. The van der Waals surface area contributed by atoms with Crippen LogP contribution in [0.5, 0.6) is 5.75 Å². The van der Waals surface area contributed by atoms with Gasteiger partial charge in [-0.2, -0.15) is 0 Å². The van der Waals surface area contributed by atoms with Crippen LogP contribution >= 0.6 is 24.0 Å². The van der Waals surface area contributed by atoms with Crippen LogP contribution in [0, 0.1) is 13.8 Å². The Morgan fingerprint density at radius 3 is 2.61 bits per heavy atom. The Hall–Kier alpha value is -1.92. The van der Waals surface area contributed by atoms with E-state index < -0.39 is 0 Å². The number of guanidine groups is 1. The van der Waals surface area contributed by atoms with E-state index in [4.69, 9.17) is 14.5 Å². The van der Waals surface area contributed by atoms with Crippen molar-refractivity contribution >= 4 is 29.9 Å². The maximum atomic E-state index is 6.02. The van der Waals surface area contributed by atoms with Gasteiger partial charge >= 0.3 is 0 Å². The molecular formula is C23H38IN7O2. The minimum atomic E-state index is 0. The predicted octanol–water partition coefficient (Wildman–Crippen LogP) is 2.40. The van der Waals surface area contributed by atoms with E-state index in [1.54, 1.807) is 0 Å². The van der Waals surface area contributed by atoms with Gasteiger partial charge in [-0.25, -0.2) is 4.99 Å². The van der Waals surface area contributed by atoms with E-state index in [0.29, 0.717) is 13.1 Å². The third kappa shape index (κ3) is 8.74. The summed E-state index contributed by atoms with van der Waals surface area (Å²) in [4.78, 5) is 7.24. The van der Waals surface area contributed by atoms with Crippen molar-refractivity contribution in [2.45, 2.75) is 46.9 Å². The van der Waals surface area contributed by atoms with Gasteiger partial charge in [0.15, 0.2) is 11.8 Å². The van der Waals surface area contributed by atoms with Gasteiger partial charge in [0.1, 0.15) is 11.6 Å². The Morgan fingerprint density at radius 2 is 1.94 bits per heavy atom. The second-order valence-corrected chi connectivity index (χ2v) is 8.40. The fourth-order valence-electron chi connectivity index (χ4n) is 3.42. The molecule has 2 aromatic rings. The third-order valence-electron chi connectivity index (χ3n) is 5.41. The van der Waals surface area contributed by atoms with Gasteiger partial charge in [-0.3, -0.25) is 4.90 Å². The molecule has 9 nitrogen and oxygen atoms in total. The number of hydrogen-bond acceptors (Lipinski definition) is 6. The first-order chi connectivity index (χ1) is 15.4. The zero-order valence-corrected chi connectivity index (χ0v) is 22.8. The molecule has 0 spiro atoms. The molecule has 10 heteroatoms. The quantitative estimate of drug-likeness (QED) is 0.272. The molecule has 3 rings (SSSR count). The maximum absolute atomic E-state index is 6.02. The van der Waals surface area contributed by atoms with Gasteiger partial charge in [-0.1, -0.05) is 12.1 Å². The van der Waals surface area contributed by atoms with E-state index in [9.17, 15) is 0 Å². The van der Waals surface area contributed by atoms with Crippen LogP contribution in [0.1, 0.15) is 36.6 Å². The van der Waals surface area contributed by atoms with Crippen molar-refractivity contribution in [1.29, 1.82) is 0 Å². The Morgan fingerprint density at radius 1 is 1.18 bits per heavy atom. The number of ether oxygens (including phenoxy) is 2. The molecular weight excluding hydrogens is 533 g/mol. The monoisotopic (exact) mass is 571 g/mol. The summed E-state index contributed by atoms with van der Waals surface area (Å²) < 4.78 is 13.4. The molecule has 0 atom stereocenters. The summed E-state index contributed by atoms with van der Waals surface area (Å²) >= 11 is 0. The Labute approximate surface area is 214 Å². The molecule has 2 heterocycles. The second kappa shape index (κ2) is 13.7. The average molecular weight is 572 g/mol. The van der Waals surface area contributed by atoms with E-state index in [0.717, 1.165) is 68.3 Å². The predicted molar refractivity (Wildman–Crippen MR) is 141 cm³/mol. The molecule has 0 unspecified atom stereocenters. The molecule has 1 fully saturated rings. The van der Waals surface area contributed by atoms with Gasteiger partial charge in [-0.05, 0) is 39.3 Å². The fourth-order valence-corrected chi connectivity index (χ4v) is 3.42. The summed E-state index contributed by atoms with van der Waals surface area (Å²) in [5, 5.41) is 15.2. The number of rotatable bonds is 9. The highest BCUT2D eigenvalue weighted by Crippen LogP contribution is 2.22. The number of aryl methyl sites for hydroxylation is 2. The van der Waals surface area contributed by atoms with E-state index in [2.05, 4.69) is 50.9 Å². The highest BCUT2D eigenvalue weighted by atomic mass is 127. The molecule has 1 aliphatic heterocycles. The first-order valence-electron chi connectivity index (χ1n) is 11.4. The number of halogens is 1. The van der Waals surface area contributed by atoms with Crippen molar-refractivity contribution in [2.75, 3.05) is 39.4 Å². The molecule has 0 aliphatic carbocycles. The van der Waals surface area contributed by atoms with Gasteiger partial charge in [0, 0.05) is 38.8 Å². The highest BCUT2D eigenvalue weighted by molar-refractivity contribution is 14.0. The van der Waals surface area contributed by atoms with Crippen molar-refractivity contribution < 1.29 is 9.47 Å². The van der Waals surface area contributed by atoms with Gasteiger partial charge < -0.3 is 24.7 Å². The molecule has 0 bridgehead atoms. The van der Waals surface area contributed by atoms with Crippen LogP contribution in [0.25, 0.3) is 0 Å². The first kappa shape index (κ1) is 27.3. The molecule has 0 saturated carbocycles. The smallest absolute Gasteiger partial charge is 0.192 e. The first-order valence-corrected chi connectivity index (χ1v) is 11.4. The van der Waals surface area contributed by atoms with Crippen LogP contribution in [0.4, 0.5) is 0 Å². The summed E-state index contributed by atoms with van der Waals surface area (Å²) in [6.45, 7) is 14.5. The summed E-state index contributed by atoms with van der Waals surface area (Å²) in [5.41, 5.74) is 2.24. The van der Waals surface area contributed by atoms with Crippen molar-refractivity contribution in [3.05, 3.63) is 41.0 Å². The molecule has 184 valence electrons. The second-order valence-electron chi connectivity index (χ2n) is 8.40. The normalized spacial score (nSPS) is 14.8. The van der Waals surface area contributed by atoms with E-state index in [-0.39, 0.29) is 30.1 Å². The number of nitrogens with one attached hydrogen (secondary N) is 2. The minimum absolute atomic E-state index is 0. The van der Waals surface area contributed by atoms with Crippen molar-refractivity contribution in [3.63, 3.8) is 0 Å².